The summed E-state index contributed by atoms with van der Waals surface area (Å²) in [5.41, 5.74) is 0.797. The first-order valence-electron chi connectivity index (χ1n) is 10.3. The normalized spacial score (nSPS) is 14.5. The van der Waals surface area contributed by atoms with Crippen molar-refractivity contribution in [2.75, 3.05) is 11.9 Å². The largest absolute Gasteiger partial charge is 0.488 e. The number of nitrogens with zero attached hydrogens (tertiary/aromatic N) is 1. The van der Waals surface area contributed by atoms with Gasteiger partial charge in [-0.05, 0) is 54.2 Å². The Labute approximate surface area is 212 Å². The van der Waals surface area contributed by atoms with Crippen LogP contribution >= 0.6 is 27.7 Å². The third kappa shape index (κ3) is 5.95. The Bertz CT molecular complexity index is 1350. The molecule has 1 fully saturated rings. The van der Waals surface area contributed by atoms with Crippen molar-refractivity contribution >= 4 is 56.5 Å². The molecular formula is C25H17BrF2N2O4S. The van der Waals surface area contributed by atoms with Gasteiger partial charge in [-0.1, -0.05) is 46.3 Å². The van der Waals surface area contributed by atoms with E-state index in [0.29, 0.717) is 33.1 Å². The lowest BCUT2D eigenvalue weighted by atomic mass is 10.1. The van der Waals surface area contributed by atoms with Crippen LogP contribution in [0.15, 0.2) is 76.1 Å². The van der Waals surface area contributed by atoms with Gasteiger partial charge in [0.2, 0.25) is 5.91 Å². The number of para-hydroxylation sites is 1. The summed E-state index contributed by atoms with van der Waals surface area (Å²) in [5, 5.41) is 1.72. The van der Waals surface area contributed by atoms with E-state index in [1.807, 2.05) is 0 Å². The summed E-state index contributed by atoms with van der Waals surface area (Å²) >= 11 is 4.04. The van der Waals surface area contributed by atoms with Crippen LogP contribution in [-0.4, -0.2) is 28.5 Å². The number of anilines is 1. The zero-order valence-corrected chi connectivity index (χ0v) is 20.4. The second kappa shape index (κ2) is 10.8. The second-order valence-electron chi connectivity index (χ2n) is 7.36. The number of hydrogen-bond acceptors (Lipinski definition) is 5. The molecular weight excluding hydrogens is 542 g/mol. The first-order valence-corrected chi connectivity index (χ1v) is 11.9. The highest BCUT2D eigenvalue weighted by atomic mass is 79.9. The highest BCUT2D eigenvalue weighted by Crippen LogP contribution is 2.35. The summed E-state index contributed by atoms with van der Waals surface area (Å²) in [6.07, 6.45) is 1.47. The summed E-state index contributed by atoms with van der Waals surface area (Å²) < 4.78 is 34.2. The lowest BCUT2D eigenvalue weighted by Crippen LogP contribution is -2.36. The van der Waals surface area contributed by atoms with E-state index in [1.54, 1.807) is 42.5 Å². The van der Waals surface area contributed by atoms with Crippen LogP contribution in [0.4, 0.5) is 19.3 Å². The van der Waals surface area contributed by atoms with E-state index in [9.17, 15) is 23.2 Å². The van der Waals surface area contributed by atoms with Gasteiger partial charge in [-0.15, -0.1) is 0 Å². The number of rotatable bonds is 7. The molecule has 1 N–H and O–H groups in total. The average Bonchev–Trinajstić information content (AvgIpc) is 3.08. The molecule has 0 saturated carbocycles. The van der Waals surface area contributed by atoms with Crippen LogP contribution in [0, 0.1) is 11.6 Å². The van der Waals surface area contributed by atoms with Gasteiger partial charge in [0.05, 0.1) is 10.6 Å². The zero-order valence-electron chi connectivity index (χ0n) is 18.0. The summed E-state index contributed by atoms with van der Waals surface area (Å²) in [6.45, 7) is -0.599. The number of nitrogens with one attached hydrogen (secondary N) is 1. The molecule has 0 spiro atoms. The Kier molecular flexibility index (Phi) is 7.62. The molecule has 4 rings (SSSR count). The van der Waals surface area contributed by atoms with Gasteiger partial charge in [0.1, 0.15) is 30.5 Å². The van der Waals surface area contributed by atoms with Gasteiger partial charge in [0.15, 0.2) is 0 Å². The van der Waals surface area contributed by atoms with Crippen LogP contribution < -0.4 is 10.1 Å². The Hall–Kier alpha value is -3.50. The minimum absolute atomic E-state index is 0.0349. The summed E-state index contributed by atoms with van der Waals surface area (Å²) in [7, 11) is 0. The molecule has 10 heteroatoms. The Morgan fingerprint density at radius 2 is 1.74 bits per heavy atom. The fourth-order valence-corrected chi connectivity index (χ4v) is 4.42. The van der Waals surface area contributed by atoms with Crippen LogP contribution in [0.25, 0.3) is 6.08 Å². The molecule has 1 heterocycles. The van der Waals surface area contributed by atoms with Crippen LogP contribution in [0.1, 0.15) is 11.1 Å². The number of ether oxygens (including phenoxy) is 1. The van der Waals surface area contributed by atoms with Crippen molar-refractivity contribution in [2.24, 2.45) is 0 Å². The van der Waals surface area contributed by atoms with E-state index in [2.05, 4.69) is 21.2 Å². The summed E-state index contributed by atoms with van der Waals surface area (Å²) in [4.78, 5) is 38.5. The number of amides is 3. The van der Waals surface area contributed by atoms with Gasteiger partial charge < -0.3 is 10.1 Å². The molecule has 0 bridgehead atoms. The molecule has 0 unspecified atom stereocenters. The molecule has 1 aliphatic heterocycles. The molecule has 3 aromatic carbocycles. The van der Waals surface area contributed by atoms with E-state index in [4.69, 9.17) is 4.74 Å². The molecule has 3 aromatic rings. The number of carbonyl (C=O) groups is 3. The van der Waals surface area contributed by atoms with Crippen LogP contribution in [0.3, 0.4) is 0 Å². The van der Waals surface area contributed by atoms with Crippen LogP contribution in [-0.2, 0) is 16.2 Å². The first kappa shape index (κ1) is 24.6. The van der Waals surface area contributed by atoms with Crippen molar-refractivity contribution in [3.05, 3.63) is 98.9 Å². The predicted octanol–water partition coefficient (Wildman–Crippen LogP) is 5.98. The maximum atomic E-state index is 13.9. The van der Waals surface area contributed by atoms with Crippen LogP contribution in [0.2, 0.25) is 0 Å². The minimum atomic E-state index is -0.713. The fourth-order valence-electron chi connectivity index (χ4n) is 3.21. The molecule has 0 aliphatic carbocycles. The van der Waals surface area contributed by atoms with Gasteiger partial charge in [-0.25, -0.2) is 8.78 Å². The van der Waals surface area contributed by atoms with E-state index < -0.39 is 35.2 Å². The standard InChI is InChI=1S/C25H17BrF2N2O4S/c26-17-9-10-21(34-14-15-5-1-2-6-18(15)27)16(11-17)12-22-24(32)30(25(33)35-22)13-23(31)29-20-8-4-3-7-19(20)28/h1-12H,13-14H2,(H,29,31)/b22-12-. The van der Waals surface area contributed by atoms with Crippen molar-refractivity contribution < 1.29 is 27.9 Å². The molecule has 0 aromatic heterocycles. The number of thioether (sulfide) groups is 1. The van der Waals surface area contributed by atoms with E-state index in [1.165, 1.54) is 30.3 Å². The zero-order chi connectivity index (χ0) is 24.9. The maximum absolute atomic E-state index is 13.9. The monoisotopic (exact) mass is 558 g/mol. The van der Waals surface area contributed by atoms with E-state index in [0.717, 1.165) is 4.90 Å². The smallest absolute Gasteiger partial charge is 0.294 e. The first-order chi connectivity index (χ1) is 16.8. The molecule has 0 radical (unpaired) electrons. The van der Waals surface area contributed by atoms with Gasteiger partial charge in [0.25, 0.3) is 11.1 Å². The second-order valence-corrected chi connectivity index (χ2v) is 9.27. The van der Waals surface area contributed by atoms with Gasteiger partial charge in [0, 0.05) is 15.6 Å². The van der Waals surface area contributed by atoms with Crippen molar-refractivity contribution in [1.29, 1.82) is 0 Å². The third-order valence-electron chi connectivity index (χ3n) is 4.92. The van der Waals surface area contributed by atoms with Crippen molar-refractivity contribution in [2.45, 2.75) is 6.61 Å². The Morgan fingerprint density at radius 3 is 2.49 bits per heavy atom. The van der Waals surface area contributed by atoms with Gasteiger partial charge >= 0.3 is 0 Å². The van der Waals surface area contributed by atoms with Crippen molar-refractivity contribution in [3.8, 4) is 5.75 Å². The highest BCUT2D eigenvalue weighted by Gasteiger charge is 2.36. The third-order valence-corrected chi connectivity index (χ3v) is 6.32. The SMILES string of the molecule is O=C(CN1C(=O)S/C(=C\c2cc(Br)ccc2OCc2ccccc2F)C1=O)Nc1ccccc1F. The van der Waals surface area contributed by atoms with Gasteiger partial charge in [-0.3, -0.25) is 19.3 Å². The number of hydrogen-bond donors (Lipinski definition) is 1. The summed E-state index contributed by atoms with van der Waals surface area (Å²) in [5.74, 6) is -2.03. The van der Waals surface area contributed by atoms with Crippen LogP contribution in [0.5, 0.6) is 5.75 Å². The lowest BCUT2D eigenvalue weighted by molar-refractivity contribution is -0.127. The number of imide groups is 1. The molecule has 6 nitrogen and oxygen atoms in total. The highest BCUT2D eigenvalue weighted by molar-refractivity contribution is 9.10. The number of benzene rings is 3. The van der Waals surface area contributed by atoms with E-state index >= 15 is 0 Å². The number of carbonyl (C=O) groups excluding carboxylic acids is 3. The molecule has 178 valence electrons. The molecule has 35 heavy (non-hydrogen) atoms. The topological polar surface area (TPSA) is 75.7 Å². The molecule has 1 saturated heterocycles. The summed E-state index contributed by atoms with van der Waals surface area (Å²) in [6, 6.07) is 16.9. The average molecular weight is 559 g/mol. The maximum Gasteiger partial charge on any atom is 0.294 e. The van der Waals surface area contributed by atoms with E-state index in [-0.39, 0.29) is 17.2 Å². The number of halogens is 3. The Balaban J connectivity index is 1.50. The molecule has 3 amide bonds. The quantitative estimate of drug-likeness (QED) is 0.361. The van der Waals surface area contributed by atoms with Gasteiger partial charge in [-0.2, -0.15) is 0 Å². The Morgan fingerprint density at radius 1 is 1.03 bits per heavy atom. The van der Waals surface area contributed by atoms with Crippen molar-refractivity contribution in [3.63, 3.8) is 0 Å². The predicted molar refractivity (Wildman–Crippen MR) is 133 cm³/mol. The van der Waals surface area contributed by atoms with Crippen molar-refractivity contribution in [1.82, 2.24) is 4.90 Å². The minimum Gasteiger partial charge on any atom is -0.488 e. The molecule has 1 aliphatic rings. The molecule has 0 atom stereocenters. The fraction of sp³-hybridized carbons (Fsp3) is 0.0800. The lowest BCUT2D eigenvalue weighted by Gasteiger charge is -2.13.